The molecule has 4 aromatic rings. The Balaban J connectivity index is 1.18. The fourth-order valence-electron chi connectivity index (χ4n) is 6.32. The normalized spacial score (nSPS) is 23.2. The number of hydrogen-bond acceptors (Lipinski definition) is 5. The molecule has 4 heterocycles. The summed E-state index contributed by atoms with van der Waals surface area (Å²) in [6, 6.07) is 11.2. The van der Waals surface area contributed by atoms with E-state index in [0.717, 1.165) is 60.0 Å². The van der Waals surface area contributed by atoms with E-state index in [1.54, 1.807) is 23.0 Å². The van der Waals surface area contributed by atoms with E-state index in [0.29, 0.717) is 18.3 Å². The van der Waals surface area contributed by atoms with E-state index in [1.807, 2.05) is 49.1 Å². The summed E-state index contributed by atoms with van der Waals surface area (Å²) < 4.78 is 16.5. The molecule has 1 aromatic carbocycles. The van der Waals surface area contributed by atoms with Crippen LogP contribution in [0.2, 0.25) is 0 Å². The van der Waals surface area contributed by atoms with Crippen LogP contribution >= 0.6 is 0 Å². The zero-order valence-electron chi connectivity index (χ0n) is 20.1. The molecule has 3 aromatic heterocycles. The molecule has 1 aliphatic heterocycles. The summed E-state index contributed by atoms with van der Waals surface area (Å²) >= 11 is 0. The first-order chi connectivity index (χ1) is 17.1. The predicted molar refractivity (Wildman–Crippen MR) is 133 cm³/mol. The highest BCUT2D eigenvalue weighted by atomic mass is 19.1. The lowest BCUT2D eigenvalue weighted by Crippen LogP contribution is -2.32. The van der Waals surface area contributed by atoms with Crippen molar-refractivity contribution in [2.45, 2.75) is 38.5 Å². The minimum atomic E-state index is -0.0680. The Hall–Kier alpha value is -3.61. The van der Waals surface area contributed by atoms with Gasteiger partial charge in [0.05, 0.1) is 18.1 Å². The van der Waals surface area contributed by atoms with Crippen molar-refractivity contribution in [1.29, 1.82) is 0 Å². The van der Waals surface area contributed by atoms with E-state index in [9.17, 15) is 4.39 Å². The number of rotatable bonds is 6. The van der Waals surface area contributed by atoms with Gasteiger partial charge in [-0.1, -0.05) is 25.1 Å². The lowest BCUT2D eigenvalue weighted by molar-refractivity contribution is 0.516. The number of piperidine rings is 1. The van der Waals surface area contributed by atoms with Crippen LogP contribution in [0.4, 0.5) is 10.2 Å². The second-order valence-electron chi connectivity index (χ2n) is 9.73. The van der Waals surface area contributed by atoms with Crippen molar-refractivity contribution in [3.05, 3.63) is 95.6 Å². The molecule has 6 nitrogen and oxygen atoms in total. The Morgan fingerprint density at radius 3 is 2.66 bits per heavy atom. The molecule has 6 rings (SSSR count). The summed E-state index contributed by atoms with van der Waals surface area (Å²) in [6.45, 7) is 6.10. The molecule has 2 aliphatic rings. The van der Waals surface area contributed by atoms with E-state index in [2.05, 4.69) is 28.8 Å². The minimum Gasteiger partial charge on any atom is -0.355 e. The van der Waals surface area contributed by atoms with Crippen LogP contribution in [0.15, 0.2) is 67.4 Å². The van der Waals surface area contributed by atoms with E-state index >= 15 is 0 Å². The standard InChI is InChI=1S/C28H29FN6/c1-3-28(23-7-4-5-8-25(23)29)22-10-14-34(18-24(22)28)26-17-31-21(16-32-26)15-20-9-12-30-27(19(20)2)35-13-6-11-33-35/h4-9,11-13,16-17,22,24H,3,10,14-15,18H2,1-2H3/t22?,24?,28-/m1/s1. The molecule has 7 heteroatoms. The van der Waals surface area contributed by atoms with Gasteiger partial charge in [-0.3, -0.25) is 4.98 Å². The van der Waals surface area contributed by atoms with Crippen LogP contribution in [0.5, 0.6) is 0 Å². The molecular formula is C28H29FN6. The van der Waals surface area contributed by atoms with Crippen LogP contribution in [0.3, 0.4) is 0 Å². The third kappa shape index (κ3) is 3.61. The lowest BCUT2D eigenvalue weighted by atomic mass is 9.88. The molecule has 3 atom stereocenters. The van der Waals surface area contributed by atoms with E-state index < -0.39 is 0 Å². The zero-order chi connectivity index (χ0) is 24.0. The average molecular weight is 469 g/mol. The van der Waals surface area contributed by atoms with Crippen molar-refractivity contribution in [2.75, 3.05) is 18.0 Å². The fourth-order valence-corrected chi connectivity index (χ4v) is 6.32. The zero-order valence-corrected chi connectivity index (χ0v) is 20.1. The van der Waals surface area contributed by atoms with Crippen LogP contribution in [-0.2, 0) is 11.8 Å². The van der Waals surface area contributed by atoms with Crippen LogP contribution in [0.1, 0.15) is 42.1 Å². The molecule has 1 saturated carbocycles. The highest BCUT2D eigenvalue weighted by molar-refractivity contribution is 5.45. The number of pyridine rings is 1. The van der Waals surface area contributed by atoms with Gasteiger partial charge >= 0.3 is 0 Å². The van der Waals surface area contributed by atoms with Gasteiger partial charge in [0.15, 0.2) is 5.82 Å². The number of anilines is 1. The van der Waals surface area contributed by atoms with Gasteiger partial charge in [0.25, 0.3) is 0 Å². The summed E-state index contributed by atoms with van der Waals surface area (Å²) in [5.74, 6) is 2.67. The van der Waals surface area contributed by atoms with Gasteiger partial charge in [0.2, 0.25) is 0 Å². The van der Waals surface area contributed by atoms with Gasteiger partial charge in [-0.05, 0) is 66.5 Å². The molecule has 35 heavy (non-hydrogen) atoms. The largest absolute Gasteiger partial charge is 0.355 e. The molecular weight excluding hydrogens is 439 g/mol. The Morgan fingerprint density at radius 1 is 1.03 bits per heavy atom. The SMILES string of the molecule is CC[C@]1(c2ccccc2F)C2CCN(c3cnc(Cc4ccnc(-n5cccn5)c4C)cn3)CC21. The molecule has 1 saturated heterocycles. The number of benzene rings is 1. The Bertz CT molecular complexity index is 1340. The number of halogens is 1. The summed E-state index contributed by atoms with van der Waals surface area (Å²) in [5.41, 5.74) is 4.01. The number of aromatic nitrogens is 5. The molecule has 178 valence electrons. The Labute approximate surface area is 204 Å². The van der Waals surface area contributed by atoms with E-state index in [1.165, 1.54) is 0 Å². The predicted octanol–water partition coefficient (Wildman–Crippen LogP) is 4.90. The monoisotopic (exact) mass is 468 g/mol. The van der Waals surface area contributed by atoms with Crippen molar-refractivity contribution in [3.8, 4) is 5.82 Å². The Kier molecular flexibility index (Phi) is 5.35. The highest BCUT2D eigenvalue weighted by Gasteiger charge is 2.65. The van der Waals surface area contributed by atoms with Gasteiger partial charge < -0.3 is 4.90 Å². The van der Waals surface area contributed by atoms with Crippen LogP contribution in [-0.4, -0.2) is 37.8 Å². The smallest absolute Gasteiger partial charge is 0.156 e. The third-order valence-electron chi connectivity index (χ3n) is 8.19. The van der Waals surface area contributed by atoms with E-state index in [4.69, 9.17) is 9.97 Å². The maximum absolute atomic E-state index is 14.7. The summed E-state index contributed by atoms with van der Waals surface area (Å²) in [7, 11) is 0. The van der Waals surface area contributed by atoms with Crippen LogP contribution in [0.25, 0.3) is 5.82 Å². The molecule has 0 spiro atoms. The molecule has 0 N–H and O–H groups in total. The second-order valence-corrected chi connectivity index (χ2v) is 9.73. The van der Waals surface area contributed by atoms with Crippen molar-refractivity contribution >= 4 is 5.82 Å². The number of fused-ring (bicyclic) bond motifs is 1. The quantitative estimate of drug-likeness (QED) is 0.403. The van der Waals surface area contributed by atoms with Gasteiger partial charge in [-0.2, -0.15) is 5.10 Å². The first kappa shape index (κ1) is 21.9. The Morgan fingerprint density at radius 2 is 1.91 bits per heavy atom. The van der Waals surface area contributed by atoms with Crippen molar-refractivity contribution in [1.82, 2.24) is 24.7 Å². The molecule has 2 fully saturated rings. The summed E-state index contributed by atoms with van der Waals surface area (Å²) in [4.78, 5) is 16.3. The van der Waals surface area contributed by atoms with Crippen LogP contribution in [0, 0.1) is 24.6 Å². The van der Waals surface area contributed by atoms with Crippen molar-refractivity contribution < 1.29 is 4.39 Å². The van der Waals surface area contributed by atoms with Gasteiger partial charge in [0, 0.05) is 43.5 Å². The number of nitrogens with zero attached hydrogens (tertiary/aromatic N) is 6. The highest BCUT2D eigenvalue weighted by Crippen LogP contribution is 2.65. The number of hydrogen-bond donors (Lipinski definition) is 0. The van der Waals surface area contributed by atoms with Gasteiger partial charge in [0.1, 0.15) is 11.6 Å². The van der Waals surface area contributed by atoms with E-state index in [-0.39, 0.29) is 11.2 Å². The van der Waals surface area contributed by atoms with Crippen molar-refractivity contribution in [3.63, 3.8) is 0 Å². The first-order valence-electron chi connectivity index (χ1n) is 12.4. The van der Waals surface area contributed by atoms with Gasteiger partial charge in [-0.15, -0.1) is 0 Å². The minimum absolute atomic E-state index is 0.0430. The van der Waals surface area contributed by atoms with Crippen LogP contribution < -0.4 is 4.90 Å². The van der Waals surface area contributed by atoms with Gasteiger partial charge in [-0.25, -0.2) is 19.0 Å². The maximum atomic E-state index is 14.7. The molecule has 2 unspecified atom stereocenters. The van der Waals surface area contributed by atoms with Crippen molar-refractivity contribution in [2.24, 2.45) is 11.8 Å². The third-order valence-corrected chi connectivity index (χ3v) is 8.19. The molecule has 0 radical (unpaired) electrons. The molecule has 0 amide bonds. The second kappa shape index (κ2) is 8.56. The first-order valence-corrected chi connectivity index (χ1v) is 12.4. The fraction of sp³-hybridized carbons (Fsp3) is 0.357. The summed E-state index contributed by atoms with van der Waals surface area (Å²) in [6.07, 6.45) is 11.9. The average Bonchev–Trinajstić information content (AvgIpc) is 3.21. The molecule has 1 aliphatic carbocycles. The summed E-state index contributed by atoms with van der Waals surface area (Å²) in [5, 5.41) is 4.31. The lowest BCUT2D eigenvalue weighted by Gasteiger charge is -2.27. The topological polar surface area (TPSA) is 59.7 Å². The maximum Gasteiger partial charge on any atom is 0.156 e. The molecule has 0 bridgehead atoms.